The molecule has 2 rings (SSSR count). The van der Waals surface area contributed by atoms with E-state index in [2.05, 4.69) is 4.98 Å². The van der Waals surface area contributed by atoms with E-state index in [4.69, 9.17) is 4.74 Å². The van der Waals surface area contributed by atoms with E-state index in [1.807, 2.05) is 26.0 Å². The standard InChI is InChI=1S/C16H16N2O4/c1-10-6-7-11(2)13(9-10)15(19)12(3)22-14-5-4-8-17-16(14)18(20)21/h4-9,12H,1-3H3. The molecular weight excluding hydrogens is 284 g/mol. The van der Waals surface area contributed by atoms with Gasteiger partial charge in [0.2, 0.25) is 11.5 Å². The fourth-order valence-corrected chi connectivity index (χ4v) is 2.08. The van der Waals surface area contributed by atoms with E-state index in [1.54, 1.807) is 13.0 Å². The number of pyridine rings is 1. The van der Waals surface area contributed by atoms with Crippen LogP contribution >= 0.6 is 0 Å². The summed E-state index contributed by atoms with van der Waals surface area (Å²) < 4.78 is 5.46. The highest BCUT2D eigenvalue weighted by Gasteiger charge is 2.23. The van der Waals surface area contributed by atoms with Crippen molar-refractivity contribution in [2.75, 3.05) is 0 Å². The number of benzene rings is 1. The third-order valence-electron chi connectivity index (χ3n) is 3.26. The van der Waals surface area contributed by atoms with E-state index < -0.39 is 16.8 Å². The minimum Gasteiger partial charge on any atom is -0.474 e. The maximum Gasteiger partial charge on any atom is 0.406 e. The zero-order valence-corrected chi connectivity index (χ0v) is 12.6. The lowest BCUT2D eigenvalue weighted by molar-refractivity contribution is -0.390. The van der Waals surface area contributed by atoms with E-state index >= 15 is 0 Å². The summed E-state index contributed by atoms with van der Waals surface area (Å²) >= 11 is 0. The van der Waals surface area contributed by atoms with E-state index in [1.165, 1.54) is 18.3 Å². The predicted molar refractivity (Wildman–Crippen MR) is 81.2 cm³/mol. The van der Waals surface area contributed by atoms with E-state index in [0.29, 0.717) is 5.56 Å². The first kappa shape index (κ1) is 15.6. The molecule has 0 spiro atoms. The van der Waals surface area contributed by atoms with Gasteiger partial charge >= 0.3 is 5.82 Å². The SMILES string of the molecule is Cc1ccc(C)c(C(=O)C(C)Oc2cccnc2[N+](=O)[O-])c1. The van der Waals surface area contributed by atoms with Gasteiger partial charge in [-0.05, 0) is 54.4 Å². The molecular formula is C16H16N2O4. The van der Waals surface area contributed by atoms with Crippen LogP contribution in [0.25, 0.3) is 0 Å². The van der Waals surface area contributed by atoms with Gasteiger partial charge in [0.25, 0.3) is 0 Å². The van der Waals surface area contributed by atoms with Crippen LogP contribution in [0.4, 0.5) is 5.82 Å². The maximum absolute atomic E-state index is 12.5. The molecule has 1 aromatic carbocycles. The van der Waals surface area contributed by atoms with Crippen LogP contribution in [0.15, 0.2) is 36.5 Å². The summed E-state index contributed by atoms with van der Waals surface area (Å²) in [7, 11) is 0. The number of Topliss-reactive ketones (excluding diaryl/α,β-unsaturated/α-hetero) is 1. The molecule has 0 saturated carbocycles. The number of nitro groups is 1. The molecule has 114 valence electrons. The molecule has 2 aromatic rings. The Morgan fingerprint density at radius 1 is 1.32 bits per heavy atom. The van der Waals surface area contributed by atoms with Gasteiger partial charge in [-0.1, -0.05) is 17.7 Å². The summed E-state index contributed by atoms with van der Waals surface area (Å²) in [4.78, 5) is 26.4. The van der Waals surface area contributed by atoms with Crippen LogP contribution in [0.3, 0.4) is 0 Å². The Bertz CT molecular complexity index is 728. The van der Waals surface area contributed by atoms with Crippen molar-refractivity contribution >= 4 is 11.6 Å². The van der Waals surface area contributed by atoms with Crippen molar-refractivity contribution in [1.29, 1.82) is 0 Å². The Kier molecular flexibility index (Phi) is 4.50. The second-order valence-electron chi connectivity index (χ2n) is 5.02. The van der Waals surface area contributed by atoms with E-state index in [9.17, 15) is 14.9 Å². The van der Waals surface area contributed by atoms with Crippen molar-refractivity contribution in [2.45, 2.75) is 26.9 Å². The second-order valence-corrected chi connectivity index (χ2v) is 5.02. The van der Waals surface area contributed by atoms with Crippen LogP contribution in [0.5, 0.6) is 5.75 Å². The number of carbonyl (C=O) groups excluding carboxylic acids is 1. The molecule has 0 fully saturated rings. The number of aryl methyl sites for hydroxylation is 2. The van der Waals surface area contributed by atoms with Gasteiger partial charge in [-0.2, -0.15) is 0 Å². The van der Waals surface area contributed by atoms with Crippen LogP contribution in [0.2, 0.25) is 0 Å². The Labute approximate surface area is 127 Å². The third-order valence-corrected chi connectivity index (χ3v) is 3.26. The van der Waals surface area contributed by atoms with Gasteiger partial charge in [0.05, 0.1) is 0 Å². The van der Waals surface area contributed by atoms with Crippen LogP contribution < -0.4 is 4.74 Å². The molecule has 6 nitrogen and oxygen atoms in total. The molecule has 6 heteroatoms. The van der Waals surface area contributed by atoms with Crippen molar-refractivity contribution in [1.82, 2.24) is 4.98 Å². The summed E-state index contributed by atoms with van der Waals surface area (Å²) in [5, 5.41) is 10.9. The minimum absolute atomic E-state index is 0.0151. The van der Waals surface area contributed by atoms with Gasteiger partial charge in [0.1, 0.15) is 6.20 Å². The molecule has 1 aromatic heterocycles. The van der Waals surface area contributed by atoms with Crippen LogP contribution in [-0.4, -0.2) is 21.8 Å². The van der Waals surface area contributed by atoms with Crippen LogP contribution in [0.1, 0.15) is 28.4 Å². The first-order valence-corrected chi connectivity index (χ1v) is 6.77. The quantitative estimate of drug-likeness (QED) is 0.481. The van der Waals surface area contributed by atoms with Gasteiger partial charge in [0, 0.05) is 5.56 Å². The summed E-state index contributed by atoms with van der Waals surface area (Å²) in [5.41, 5.74) is 2.36. The van der Waals surface area contributed by atoms with Crippen molar-refractivity contribution in [2.24, 2.45) is 0 Å². The average molecular weight is 300 g/mol. The largest absolute Gasteiger partial charge is 0.474 e. The zero-order chi connectivity index (χ0) is 16.3. The fourth-order valence-electron chi connectivity index (χ4n) is 2.08. The van der Waals surface area contributed by atoms with Gasteiger partial charge in [-0.15, -0.1) is 0 Å². The van der Waals surface area contributed by atoms with Crippen LogP contribution in [0, 0.1) is 24.0 Å². The van der Waals surface area contributed by atoms with Crippen molar-refractivity contribution in [3.8, 4) is 5.75 Å². The molecule has 0 aliphatic heterocycles. The number of hydrogen-bond donors (Lipinski definition) is 0. The van der Waals surface area contributed by atoms with Crippen LogP contribution in [-0.2, 0) is 0 Å². The molecule has 0 amide bonds. The molecule has 1 atom stereocenters. The number of ether oxygens (including phenoxy) is 1. The van der Waals surface area contributed by atoms with Gasteiger partial charge in [-0.3, -0.25) is 4.79 Å². The third kappa shape index (κ3) is 3.28. The van der Waals surface area contributed by atoms with Gasteiger partial charge in [-0.25, -0.2) is 0 Å². The Morgan fingerprint density at radius 3 is 2.73 bits per heavy atom. The van der Waals surface area contributed by atoms with Gasteiger partial charge in [0.15, 0.2) is 6.10 Å². The Morgan fingerprint density at radius 2 is 2.05 bits per heavy atom. The number of ketones is 1. The molecule has 0 aliphatic carbocycles. The topological polar surface area (TPSA) is 82.3 Å². The molecule has 22 heavy (non-hydrogen) atoms. The number of rotatable bonds is 5. The molecule has 0 aliphatic rings. The molecule has 0 bridgehead atoms. The highest BCUT2D eigenvalue weighted by molar-refractivity contribution is 6.00. The smallest absolute Gasteiger partial charge is 0.406 e. The lowest BCUT2D eigenvalue weighted by atomic mass is 9.99. The molecule has 1 heterocycles. The monoisotopic (exact) mass is 300 g/mol. The number of nitrogens with zero attached hydrogens (tertiary/aromatic N) is 2. The summed E-state index contributed by atoms with van der Waals surface area (Å²) in [6.07, 6.45) is 0.464. The summed E-state index contributed by atoms with van der Waals surface area (Å²) in [6, 6.07) is 8.52. The molecule has 0 saturated heterocycles. The number of carbonyl (C=O) groups is 1. The summed E-state index contributed by atoms with van der Waals surface area (Å²) in [6.45, 7) is 5.31. The van der Waals surface area contributed by atoms with Crippen molar-refractivity contribution < 1.29 is 14.5 Å². The number of hydrogen-bond acceptors (Lipinski definition) is 5. The lowest BCUT2D eigenvalue weighted by Crippen LogP contribution is -2.25. The Hall–Kier alpha value is -2.76. The average Bonchev–Trinajstić information content (AvgIpc) is 2.49. The van der Waals surface area contributed by atoms with Crippen molar-refractivity contribution in [3.05, 3.63) is 63.3 Å². The second kappa shape index (κ2) is 6.34. The molecule has 0 radical (unpaired) electrons. The Balaban J connectivity index is 2.26. The normalized spacial score (nSPS) is 11.8. The highest BCUT2D eigenvalue weighted by atomic mass is 16.6. The number of aromatic nitrogens is 1. The van der Waals surface area contributed by atoms with E-state index in [-0.39, 0.29) is 11.5 Å². The molecule has 0 N–H and O–H groups in total. The predicted octanol–water partition coefficient (Wildman–Crippen LogP) is 3.26. The summed E-state index contributed by atoms with van der Waals surface area (Å²) in [5.74, 6) is -0.638. The maximum atomic E-state index is 12.5. The van der Waals surface area contributed by atoms with E-state index in [0.717, 1.165) is 11.1 Å². The van der Waals surface area contributed by atoms with Crippen molar-refractivity contribution in [3.63, 3.8) is 0 Å². The first-order valence-electron chi connectivity index (χ1n) is 6.77. The lowest BCUT2D eigenvalue weighted by Gasteiger charge is -2.15. The fraction of sp³-hybridized carbons (Fsp3) is 0.250. The minimum atomic E-state index is -0.844. The van der Waals surface area contributed by atoms with Gasteiger partial charge < -0.3 is 14.9 Å². The zero-order valence-electron chi connectivity index (χ0n) is 12.6. The first-order chi connectivity index (χ1) is 10.4. The molecule has 1 unspecified atom stereocenters. The highest BCUT2D eigenvalue weighted by Crippen LogP contribution is 2.25.